The predicted molar refractivity (Wildman–Crippen MR) is 82.1 cm³/mol. The summed E-state index contributed by atoms with van der Waals surface area (Å²) in [5.41, 5.74) is 0.667. The van der Waals surface area contributed by atoms with Gasteiger partial charge in [0.05, 0.1) is 5.56 Å². The molecule has 0 saturated carbocycles. The molecule has 0 amide bonds. The van der Waals surface area contributed by atoms with E-state index < -0.39 is 0 Å². The molecule has 84 valence electrons. The molecule has 0 spiro atoms. The number of halogens is 2. The van der Waals surface area contributed by atoms with E-state index in [0.717, 1.165) is 9.37 Å². The normalized spacial score (nSPS) is 9.94. The Balaban J connectivity index is 2.25. The summed E-state index contributed by atoms with van der Waals surface area (Å²) in [6, 6.07) is 16.3. The van der Waals surface area contributed by atoms with Gasteiger partial charge in [-0.3, -0.25) is 0 Å². The van der Waals surface area contributed by atoms with Crippen LogP contribution < -0.4 is 0 Å². The van der Waals surface area contributed by atoms with Crippen LogP contribution in [0.1, 0.15) is 5.56 Å². The highest BCUT2D eigenvalue weighted by molar-refractivity contribution is 14.1. The van der Waals surface area contributed by atoms with Gasteiger partial charge in [0.15, 0.2) is 0 Å². The largest absolute Gasteiger partial charge is 0.192 e. The second-order valence-electron chi connectivity index (χ2n) is 3.31. The van der Waals surface area contributed by atoms with Crippen LogP contribution in [0.2, 0.25) is 0 Å². The lowest BCUT2D eigenvalue weighted by atomic mass is 10.2. The van der Waals surface area contributed by atoms with E-state index in [1.807, 2.05) is 18.2 Å². The van der Waals surface area contributed by atoms with E-state index in [1.165, 1.54) is 8.47 Å². The maximum Gasteiger partial charge on any atom is 0.100 e. The van der Waals surface area contributed by atoms with Gasteiger partial charge in [-0.15, -0.1) is 0 Å². The van der Waals surface area contributed by atoms with Gasteiger partial charge in [-0.25, -0.2) is 0 Å². The third-order valence-electron chi connectivity index (χ3n) is 2.11. The molecule has 0 aliphatic carbocycles. The number of nitriles is 1. The van der Waals surface area contributed by atoms with Gasteiger partial charge >= 0.3 is 0 Å². The van der Waals surface area contributed by atoms with Crippen molar-refractivity contribution in [3.63, 3.8) is 0 Å². The topological polar surface area (TPSA) is 23.8 Å². The summed E-state index contributed by atoms with van der Waals surface area (Å²) in [5.74, 6) is 0. The summed E-state index contributed by atoms with van der Waals surface area (Å²) in [6.07, 6.45) is 0. The molecule has 17 heavy (non-hydrogen) atoms. The third-order valence-corrected chi connectivity index (χ3v) is 4.52. The summed E-state index contributed by atoms with van der Waals surface area (Å²) in [5, 5.41) is 8.96. The SMILES string of the molecule is N#Cc1cc(Sc2ccc(I)cc2)ccc1Br. The molecule has 0 aliphatic heterocycles. The Morgan fingerprint density at radius 3 is 2.35 bits per heavy atom. The third kappa shape index (κ3) is 3.47. The molecule has 0 saturated heterocycles. The van der Waals surface area contributed by atoms with Gasteiger partial charge in [-0.1, -0.05) is 11.8 Å². The first-order valence-electron chi connectivity index (χ1n) is 4.82. The quantitative estimate of drug-likeness (QED) is 0.639. The van der Waals surface area contributed by atoms with Crippen molar-refractivity contribution in [3.8, 4) is 6.07 Å². The summed E-state index contributed by atoms with van der Waals surface area (Å²) in [4.78, 5) is 2.25. The number of hydrogen-bond donors (Lipinski definition) is 0. The maximum atomic E-state index is 8.96. The molecule has 0 bridgehead atoms. The van der Waals surface area contributed by atoms with Crippen LogP contribution in [0.25, 0.3) is 0 Å². The van der Waals surface area contributed by atoms with Crippen LogP contribution in [0.5, 0.6) is 0 Å². The zero-order valence-electron chi connectivity index (χ0n) is 8.65. The van der Waals surface area contributed by atoms with E-state index in [1.54, 1.807) is 11.8 Å². The summed E-state index contributed by atoms with van der Waals surface area (Å²) in [6.45, 7) is 0. The Labute approximate surface area is 126 Å². The average Bonchev–Trinajstić information content (AvgIpc) is 2.34. The number of nitrogens with zero attached hydrogens (tertiary/aromatic N) is 1. The standard InChI is InChI=1S/C13H7BrINS/c14-13-6-5-12(7-9(13)8-16)17-11-3-1-10(15)2-4-11/h1-7H. The lowest BCUT2D eigenvalue weighted by Gasteiger charge is -2.03. The summed E-state index contributed by atoms with van der Waals surface area (Å²) in [7, 11) is 0. The van der Waals surface area contributed by atoms with E-state index in [2.05, 4.69) is 68.9 Å². The minimum Gasteiger partial charge on any atom is -0.192 e. The van der Waals surface area contributed by atoms with Crippen molar-refractivity contribution in [1.29, 1.82) is 5.26 Å². The number of hydrogen-bond acceptors (Lipinski definition) is 2. The maximum absolute atomic E-state index is 8.96. The van der Waals surface area contributed by atoms with Crippen molar-refractivity contribution >= 4 is 50.3 Å². The molecule has 2 aromatic rings. The molecule has 0 atom stereocenters. The second kappa shape index (κ2) is 5.89. The van der Waals surface area contributed by atoms with Gasteiger partial charge in [0.2, 0.25) is 0 Å². The van der Waals surface area contributed by atoms with Gasteiger partial charge in [0.25, 0.3) is 0 Å². The Hall–Kier alpha value is -0.510. The first-order valence-corrected chi connectivity index (χ1v) is 7.51. The molecule has 0 unspecified atom stereocenters. The average molecular weight is 416 g/mol. The Morgan fingerprint density at radius 1 is 1.06 bits per heavy atom. The Bertz CT molecular complexity index is 575. The van der Waals surface area contributed by atoms with Crippen LogP contribution >= 0.6 is 50.3 Å². The van der Waals surface area contributed by atoms with E-state index in [9.17, 15) is 0 Å². The monoisotopic (exact) mass is 415 g/mol. The predicted octanol–water partition coefficient (Wildman–Crippen LogP) is 5.08. The summed E-state index contributed by atoms with van der Waals surface area (Å²) < 4.78 is 2.06. The number of benzene rings is 2. The van der Waals surface area contributed by atoms with E-state index >= 15 is 0 Å². The first kappa shape index (κ1) is 12.9. The van der Waals surface area contributed by atoms with Crippen LogP contribution in [0, 0.1) is 14.9 Å². The Morgan fingerprint density at radius 2 is 1.71 bits per heavy atom. The van der Waals surface area contributed by atoms with E-state index in [-0.39, 0.29) is 0 Å². The minimum atomic E-state index is 0.667. The molecule has 0 fully saturated rings. The fourth-order valence-corrected chi connectivity index (χ4v) is 2.84. The van der Waals surface area contributed by atoms with Crippen LogP contribution in [0.15, 0.2) is 56.7 Å². The minimum absolute atomic E-state index is 0.667. The van der Waals surface area contributed by atoms with Gasteiger partial charge < -0.3 is 0 Å². The molecule has 0 aliphatic rings. The molecule has 2 aromatic carbocycles. The van der Waals surface area contributed by atoms with Gasteiger partial charge in [-0.2, -0.15) is 5.26 Å². The number of rotatable bonds is 2. The molecule has 0 N–H and O–H groups in total. The fourth-order valence-electron chi connectivity index (χ4n) is 1.29. The first-order chi connectivity index (χ1) is 8.19. The van der Waals surface area contributed by atoms with E-state index in [4.69, 9.17) is 5.26 Å². The van der Waals surface area contributed by atoms with Crippen molar-refractivity contribution < 1.29 is 0 Å². The van der Waals surface area contributed by atoms with Crippen LogP contribution in [-0.4, -0.2) is 0 Å². The van der Waals surface area contributed by atoms with Crippen LogP contribution in [-0.2, 0) is 0 Å². The molecule has 0 radical (unpaired) electrons. The molecular formula is C13H7BrINS. The molecular weight excluding hydrogens is 409 g/mol. The molecule has 2 rings (SSSR count). The molecule has 1 nitrogen and oxygen atoms in total. The molecule has 0 heterocycles. The van der Waals surface area contributed by atoms with Crippen molar-refractivity contribution in [2.24, 2.45) is 0 Å². The molecule has 4 heteroatoms. The fraction of sp³-hybridized carbons (Fsp3) is 0. The van der Waals surface area contributed by atoms with Crippen molar-refractivity contribution in [2.45, 2.75) is 9.79 Å². The highest BCUT2D eigenvalue weighted by atomic mass is 127. The van der Waals surface area contributed by atoms with Crippen molar-refractivity contribution in [2.75, 3.05) is 0 Å². The van der Waals surface area contributed by atoms with Gasteiger partial charge in [0.1, 0.15) is 6.07 Å². The van der Waals surface area contributed by atoms with Crippen LogP contribution in [0.4, 0.5) is 0 Å². The lowest BCUT2D eigenvalue weighted by molar-refractivity contribution is 1.36. The van der Waals surface area contributed by atoms with Crippen molar-refractivity contribution in [3.05, 3.63) is 56.1 Å². The zero-order valence-corrected chi connectivity index (χ0v) is 13.2. The van der Waals surface area contributed by atoms with Gasteiger partial charge in [-0.05, 0) is 81.0 Å². The lowest BCUT2D eigenvalue weighted by Crippen LogP contribution is -1.80. The highest BCUT2D eigenvalue weighted by Gasteiger charge is 2.02. The Kier molecular flexibility index (Phi) is 4.48. The smallest absolute Gasteiger partial charge is 0.100 e. The summed E-state index contributed by atoms with van der Waals surface area (Å²) >= 11 is 7.30. The molecule has 0 aromatic heterocycles. The second-order valence-corrected chi connectivity index (χ2v) is 6.56. The zero-order chi connectivity index (χ0) is 12.3. The van der Waals surface area contributed by atoms with Crippen LogP contribution in [0.3, 0.4) is 0 Å². The van der Waals surface area contributed by atoms with Gasteiger partial charge in [0, 0.05) is 17.8 Å². The van der Waals surface area contributed by atoms with Crippen molar-refractivity contribution in [1.82, 2.24) is 0 Å². The highest BCUT2D eigenvalue weighted by Crippen LogP contribution is 2.30. The van der Waals surface area contributed by atoms with E-state index in [0.29, 0.717) is 5.56 Å².